The van der Waals surface area contributed by atoms with Gasteiger partial charge in [0.15, 0.2) is 0 Å². The normalized spacial score (nSPS) is 18.1. The molecule has 1 N–H and O–H groups in total. The van der Waals surface area contributed by atoms with Crippen molar-refractivity contribution in [3.05, 3.63) is 0 Å². The molecule has 0 aromatic carbocycles. The highest BCUT2D eigenvalue weighted by molar-refractivity contribution is 6.45. The second-order valence-corrected chi connectivity index (χ2v) is 3.57. The van der Waals surface area contributed by atoms with Gasteiger partial charge in [0, 0.05) is 5.54 Å². The van der Waals surface area contributed by atoms with Gasteiger partial charge in [-0.2, -0.15) is 0 Å². The van der Waals surface area contributed by atoms with Crippen molar-refractivity contribution in [2.24, 2.45) is 0 Å². The Bertz CT molecular complexity index is 283. The minimum absolute atomic E-state index is 0.604. The average molecular weight is 184 g/mol. The van der Waals surface area contributed by atoms with Gasteiger partial charge >= 0.3 is 17.8 Å². The first-order valence-corrected chi connectivity index (χ1v) is 4.09. The van der Waals surface area contributed by atoms with E-state index in [1.54, 1.807) is 13.8 Å². The SMILES string of the molecule is CCC(C)(C)N1C(=O)NC(=O)C1=O. The molecule has 1 aliphatic heterocycles. The van der Waals surface area contributed by atoms with Gasteiger partial charge in [-0.15, -0.1) is 0 Å². The zero-order valence-corrected chi connectivity index (χ0v) is 7.88. The number of carbonyl (C=O) groups excluding carboxylic acids is 3. The van der Waals surface area contributed by atoms with Gasteiger partial charge in [-0.05, 0) is 20.3 Å². The molecule has 5 nitrogen and oxygen atoms in total. The van der Waals surface area contributed by atoms with Gasteiger partial charge < -0.3 is 0 Å². The highest BCUT2D eigenvalue weighted by atomic mass is 16.2. The van der Waals surface area contributed by atoms with Crippen molar-refractivity contribution in [2.45, 2.75) is 32.7 Å². The van der Waals surface area contributed by atoms with E-state index >= 15 is 0 Å². The molecule has 72 valence electrons. The Morgan fingerprint density at radius 3 is 2.15 bits per heavy atom. The Kier molecular flexibility index (Phi) is 2.11. The maximum atomic E-state index is 11.2. The third kappa shape index (κ3) is 1.41. The third-order valence-corrected chi connectivity index (χ3v) is 2.29. The molecule has 0 atom stereocenters. The molecule has 0 aromatic rings. The molecule has 1 saturated heterocycles. The van der Waals surface area contributed by atoms with Crippen molar-refractivity contribution >= 4 is 17.8 Å². The van der Waals surface area contributed by atoms with Gasteiger partial charge in [0.2, 0.25) is 0 Å². The van der Waals surface area contributed by atoms with Crippen LogP contribution in [0.2, 0.25) is 0 Å². The molecule has 0 aliphatic carbocycles. The maximum Gasteiger partial charge on any atom is 0.332 e. The second kappa shape index (κ2) is 2.83. The molecule has 1 heterocycles. The van der Waals surface area contributed by atoms with E-state index < -0.39 is 23.4 Å². The lowest BCUT2D eigenvalue weighted by Crippen LogP contribution is -2.47. The molecule has 0 aromatic heterocycles. The van der Waals surface area contributed by atoms with Gasteiger partial charge in [0.25, 0.3) is 0 Å². The van der Waals surface area contributed by atoms with Crippen LogP contribution in [0.4, 0.5) is 4.79 Å². The molecular weight excluding hydrogens is 172 g/mol. The fourth-order valence-electron chi connectivity index (χ4n) is 1.11. The van der Waals surface area contributed by atoms with Crippen LogP contribution in [0.3, 0.4) is 0 Å². The Balaban J connectivity index is 2.99. The summed E-state index contributed by atoms with van der Waals surface area (Å²) >= 11 is 0. The van der Waals surface area contributed by atoms with Crippen molar-refractivity contribution in [1.29, 1.82) is 0 Å². The average Bonchev–Trinajstić information content (AvgIpc) is 2.27. The lowest BCUT2D eigenvalue weighted by Gasteiger charge is -2.30. The lowest BCUT2D eigenvalue weighted by molar-refractivity contribution is -0.142. The topological polar surface area (TPSA) is 66.5 Å². The number of urea groups is 1. The van der Waals surface area contributed by atoms with Crippen LogP contribution in [0, 0.1) is 0 Å². The Hall–Kier alpha value is -1.39. The molecule has 5 heteroatoms. The number of nitrogens with zero attached hydrogens (tertiary/aromatic N) is 1. The van der Waals surface area contributed by atoms with Gasteiger partial charge in [-0.25, -0.2) is 9.69 Å². The number of hydrogen-bond acceptors (Lipinski definition) is 3. The van der Waals surface area contributed by atoms with Gasteiger partial charge in [-0.1, -0.05) is 6.92 Å². The highest BCUT2D eigenvalue weighted by Crippen LogP contribution is 2.21. The van der Waals surface area contributed by atoms with Crippen LogP contribution < -0.4 is 5.32 Å². The number of nitrogens with one attached hydrogen (secondary N) is 1. The summed E-state index contributed by atoms with van der Waals surface area (Å²) in [5.74, 6) is -1.61. The molecule has 0 unspecified atom stereocenters. The molecule has 0 bridgehead atoms. The minimum atomic E-state index is -0.841. The Labute approximate surface area is 76.1 Å². The monoisotopic (exact) mass is 184 g/mol. The molecule has 13 heavy (non-hydrogen) atoms. The zero-order valence-electron chi connectivity index (χ0n) is 7.88. The highest BCUT2D eigenvalue weighted by Gasteiger charge is 2.44. The lowest BCUT2D eigenvalue weighted by atomic mass is 10.00. The number of amides is 4. The van der Waals surface area contributed by atoms with E-state index in [1.807, 2.05) is 12.2 Å². The van der Waals surface area contributed by atoms with Crippen LogP contribution in [0.5, 0.6) is 0 Å². The summed E-state index contributed by atoms with van der Waals surface area (Å²) in [5.41, 5.74) is -0.604. The first kappa shape index (κ1) is 9.70. The van der Waals surface area contributed by atoms with Crippen LogP contribution in [-0.4, -0.2) is 28.3 Å². The van der Waals surface area contributed by atoms with Crippen molar-refractivity contribution in [2.75, 3.05) is 0 Å². The van der Waals surface area contributed by atoms with Crippen LogP contribution in [-0.2, 0) is 9.59 Å². The molecule has 1 rings (SSSR count). The van der Waals surface area contributed by atoms with E-state index in [0.717, 1.165) is 4.90 Å². The second-order valence-electron chi connectivity index (χ2n) is 3.57. The van der Waals surface area contributed by atoms with E-state index in [9.17, 15) is 14.4 Å². The van der Waals surface area contributed by atoms with Crippen molar-refractivity contribution in [1.82, 2.24) is 10.2 Å². The minimum Gasteiger partial charge on any atom is -0.269 e. The van der Waals surface area contributed by atoms with E-state index in [1.165, 1.54) is 0 Å². The summed E-state index contributed by atoms with van der Waals surface area (Å²) in [6.45, 7) is 5.33. The maximum absolute atomic E-state index is 11.2. The van der Waals surface area contributed by atoms with Crippen molar-refractivity contribution < 1.29 is 14.4 Å². The Morgan fingerprint density at radius 2 is 1.85 bits per heavy atom. The summed E-state index contributed by atoms with van der Waals surface area (Å²) in [5, 5.41) is 1.96. The Morgan fingerprint density at radius 1 is 1.31 bits per heavy atom. The van der Waals surface area contributed by atoms with Gasteiger partial charge in [0.05, 0.1) is 0 Å². The molecule has 0 saturated carbocycles. The van der Waals surface area contributed by atoms with E-state index in [2.05, 4.69) is 0 Å². The molecule has 4 amide bonds. The first-order chi connectivity index (χ1) is 5.90. The first-order valence-electron chi connectivity index (χ1n) is 4.09. The van der Waals surface area contributed by atoms with Crippen molar-refractivity contribution in [3.8, 4) is 0 Å². The number of hydrogen-bond donors (Lipinski definition) is 1. The van der Waals surface area contributed by atoms with Crippen LogP contribution in [0.15, 0.2) is 0 Å². The number of imide groups is 2. The van der Waals surface area contributed by atoms with E-state index in [0.29, 0.717) is 6.42 Å². The van der Waals surface area contributed by atoms with E-state index in [4.69, 9.17) is 0 Å². The summed E-state index contributed by atoms with van der Waals surface area (Å²) in [6, 6.07) is -0.623. The quantitative estimate of drug-likeness (QED) is 0.494. The molecule has 0 radical (unpaired) electrons. The van der Waals surface area contributed by atoms with E-state index in [-0.39, 0.29) is 0 Å². The van der Waals surface area contributed by atoms with Crippen LogP contribution in [0.25, 0.3) is 0 Å². The standard InChI is InChI=1S/C8H12N2O3/c1-4-8(2,3)10-6(12)5(11)9-7(10)13/h4H2,1-3H3,(H,9,11,13). The molecule has 1 aliphatic rings. The van der Waals surface area contributed by atoms with Crippen molar-refractivity contribution in [3.63, 3.8) is 0 Å². The number of carbonyl (C=O) groups is 3. The largest absolute Gasteiger partial charge is 0.332 e. The molecular formula is C8H12N2O3. The smallest absolute Gasteiger partial charge is 0.269 e. The predicted octanol–water partition coefficient (Wildman–Crippen LogP) is 0.253. The molecule has 0 spiro atoms. The summed E-state index contributed by atoms with van der Waals surface area (Å²) in [6.07, 6.45) is 0.611. The zero-order chi connectivity index (χ0) is 10.2. The number of rotatable bonds is 2. The predicted molar refractivity (Wildman–Crippen MR) is 44.8 cm³/mol. The fourth-order valence-corrected chi connectivity index (χ4v) is 1.11. The van der Waals surface area contributed by atoms with Gasteiger partial charge in [-0.3, -0.25) is 14.9 Å². The summed E-state index contributed by atoms with van der Waals surface area (Å²) in [7, 11) is 0. The summed E-state index contributed by atoms with van der Waals surface area (Å²) in [4.78, 5) is 34.2. The van der Waals surface area contributed by atoms with Crippen LogP contribution in [0.1, 0.15) is 27.2 Å². The van der Waals surface area contributed by atoms with Crippen LogP contribution >= 0.6 is 0 Å². The summed E-state index contributed by atoms with van der Waals surface area (Å²) < 4.78 is 0. The third-order valence-electron chi connectivity index (χ3n) is 2.29. The fraction of sp³-hybridized carbons (Fsp3) is 0.625. The van der Waals surface area contributed by atoms with Gasteiger partial charge in [0.1, 0.15) is 0 Å². The molecule has 1 fully saturated rings.